The van der Waals surface area contributed by atoms with Crippen LogP contribution >= 0.6 is 0 Å². The first-order valence-corrected chi connectivity index (χ1v) is 12.9. The van der Waals surface area contributed by atoms with Gasteiger partial charge in [-0.2, -0.15) is 12.1 Å². The van der Waals surface area contributed by atoms with E-state index in [1.807, 2.05) is 0 Å². The van der Waals surface area contributed by atoms with Crippen LogP contribution in [-0.4, -0.2) is 48.7 Å². The van der Waals surface area contributed by atoms with E-state index in [2.05, 4.69) is 57.5 Å². The molecule has 0 aliphatic heterocycles. The second-order valence-corrected chi connectivity index (χ2v) is 7.80. The Balaban J connectivity index is -0.000000149. The van der Waals surface area contributed by atoms with Crippen LogP contribution in [0, 0.1) is 0 Å². The largest absolute Gasteiger partial charge is 4.00 e. The molecule has 0 atom stereocenters. The third-order valence-electron chi connectivity index (χ3n) is 3.23. The van der Waals surface area contributed by atoms with Crippen LogP contribution in [-0.2, 0) is 26.2 Å². The number of nitrogens with zero attached hydrogens (tertiary/aromatic N) is 3. The van der Waals surface area contributed by atoms with Gasteiger partial charge in [0.05, 0.1) is 0 Å². The summed E-state index contributed by atoms with van der Waals surface area (Å²) in [4.78, 5) is 0. The molecular weight excluding hydrogens is 476 g/mol. The fourth-order valence-corrected chi connectivity index (χ4v) is 2.33. The molecule has 7 heteroatoms. The summed E-state index contributed by atoms with van der Waals surface area (Å²) in [5.41, 5.74) is 0. The molecule has 0 unspecified atom stereocenters. The number of rotatable bonds is 13. The van der Waals surface area contributed by atoms with Crippen LogP contribution in [0.5, 0.6) is 0 Å². The molecule has 176 valence electrons. The van der Waals surface area contributed by atoms with E-state index in [1.165, 1.54) is 50.7 Å². The van der Waals surface area contributed by atoms with Gasteiger partial charge >= 0.3 is 35.7 Å². The van der Waals surface area contributed by atoms with Crippen molar-refractivity contribution in [3.8, 4) is 0 Å². The van der Waals surface area contributed by atoms with E-state index in [9.17, 15) is 8.22 Å². The van der Waals surface area contributed by atoms with E-state index < -0.39 is 9.46 Å². The molecule has 1 aromatic rings. The van der Waals surface area contributed by atoms with Gasteiger partial charge in [-0.25, -0.2) is 12.1 Å². The summed E-state index contributed by atoms with van der Waals surface area (Å²) in [6, 6.07) is 6.21. The Morgan fingerprint density at radius 3 is 0.933 bits per heavy atom. The van der Waals surface area contributed by atoms with E-state index in [4.69, 9.17) is 0 Å². The maximum Gasteiger partial charge on any atom is 4.00 e. The third-order valence-corrected chi connectivity index (χ3v) is 4.12. The van der Waals surface area contributed by atoms with Crippen LogP contribution in [0.4, 0.5) is 8.22 Å². The van der Waals surface area contributed by atoms with E-state index in [1.54, 1.807) is 12.1 Å². The molecule has 0 N–H and O–H groups in total. The molecule has 1 aromatic carbocycles. The molecule has 0 aromatic heterocycles. The Morgan fingerprint density at radius 2 is 0.800 bits per heavy atom. The number of halogens is 2. The van der Waals surface area contributed by atoms with Crippen molar-refractivity contribution in [1.82, 2.24) is 0 Å². The van der Waals surface area contributed by atoms with Crippen LogP contribution in [0.1, 0.15) is 80.1 Å². The van der Waals surface area contributed by atoms with Gasteiger partial charge in [-0.1, -0.05) is 80.1 Å². The van der Waals surface area contributed by atoms with Crippen molar-refractivity contribution in [2.24, 2.45) is 0 Å². The fraction of sp³-hybridized carbons (Fsp3) is 0.783. The predicted molar refractivity (Wildman–Crippen MR) is 132 cm³/mol. The Bertz CT molecular complexity index is 320. The molecule has 0 heterocycles. The molecule has 0 aliphatic carbocycles. The summed E-state index contributed by atoms with van der Waals surface area (Å²) in [5.74, 6) is 0. The Morgan fingerprint density at radius 1 is 0.567 bits per heavy atom. The van der Waals surface area contributed by atoms with Crippen LogP contribution in [0.15, 0.2) is 24.3 Å². The van der Waals surface area contributed by atoms with Gasteiger partial charge in [-0.05, 0) is 0 Å². The van der Waals surface area contributed by atoms with Gasteiger partial charge in [0.1, 0.15) is 0 Å². The molecule has 0 bridgehead atoms. The van der Waals surface area contributed by atoms with Crippen LogP contribution < -0.4 is 5.19 Å². The maximum absolute atomic E-state index is 11.7. The first-order valence-electron chi connectivity index (χ1n) is 11.4. The minimum Gasteiger partial charge on any atom is -0.662 e. The number of hydrogen-bond acceptors (Lipinski definition) is 0. The van der Waals surface area contributed by atoms with Crippen LogP contribution in [0.3, 0.4) is 0 Å². The second kappa shape index (κ2) is 36.6. The van der Waals surface area contributed by atoms with Gasteiger partial charge in [-0.3, -0.25) is 8.22 Å². The summed E-state index contributed by atoms with van der Waals surface area (Å²) in [6.45, 7) is 19.2. The van der Waals surface area contributed by atoms with Crippen LogP contribution in [0.25, 0.3) is 16.0 Å². The molecule has 0 saturated carbocycles. The standard InChI is InChI=1S/3C6H14N.C5H5F2Si.Zr/c3*1-3-5-7-6-4-2;6-8(7)5-3-1-2-4-5;/h3*3-6H2,1-2H3;1-4,8H;/q4*-1;+4. The van der Waals surface area contributed by atoms with E-state index in [0.29, 0.717) is 0 Å². The summed E-state index contributed by atoms with van der Waals surface area (Å²) in [7, 11) is -3.48. The first-order chi connectivity index (χ1) is 14.0. The van der Waals surface area contributed by atoms with E-state index in [-0.39, 0.29) is 31.4 Å². The molecule has 0 spiro atoms. The summed E-state index contributed by atoms with van der Waals surface area (Å²) < 4.78 is 23.5. The summed E-state index contributed by atoms with van der Waals surface area (Å²) in [6.07, 6.45) is 7.17. The zero-order valence-electron chi connectivity index (χ0n) is 20.5. The molecule has 0 aliphatic rings. The molecule has 3 nitrogen and oxygen atoms in total. The molecule has 30 heavy (non-hydrogen) atoms. The normalized spacial score (nSPS) is 9.37. The van der Waals surface area contributed by atoms with E-state index >= 15 is 0 Å². The van der Waals surface area contributed by atoms with Gasteiger partial charge in [0.2, 0.25) is 0 Å². The zero-order chi connectivity index (χ0) is 22.6. The predicted octanol–water partition coefficient (Wildman–Crippen LogP) is 7.31. The maximum atomic E-state index is 11.7. The first kappa shape index (κ1) is 37.5. The van der Waals surface area contributed by atoms with Gasteiger partial charge in [0, 0.05) is 0 Å². The Labute approximate surface area is 208 Å². The number of hydrogen-bond donors (Lipinski definition) is 0. The van der Waals surface area contributed by atoms with Crippen molar-refractivity contribution in [1.29, 1.82) is 0 Å². The van der Waals surface area contributed by atoms with Gasteiger partial charge < -0.3 is 16.0 Å². The van der Waals surface area contributed by atoms with Crippen molar-refractivity contribution in [3.63, 3.8) is 0 Å². The molecule has 0 saturated heterocycles. The fourth-order valence-electron chi connectivity index (χ4n) is 1.82. The van der Waals surface area contributed by atoms with Crippen molar-refractivity contribution in [3.05, 3.63) is 40.2 Å². The topological polar surface area (TPSA) is 42.3 Å². The van der Waals surface area contributed by atoms with Gasteiger partial charge in [-0.15, -0.1) is 44.5 Å². The minimum absolute atomic E-state index is 0. The second-order valence-electron chi connectivity index (χ2n) is 6.53. The molecule has 1 rings (SSSR count). The average Bonchev–Trinajstić information content (AvgIpc) is 3.26. The third kappa shape index (κ3) is 38.8. The monoisotopic (exact) mass is 521 g/mol. The van der Waals surface area contributed by atoms with Crippen molar-refractivity contribution in [2.75, 3.05) is 39.3 Å². The van der Waals surface area contributed by atoms with Crippen molar-refractivity contribution in [2.45, 2.75) is 80.1 Å². The SMILES string of the molecule is CCC[N-]CCC.CCC[N-]CCC.CCC[N-]CCC.F[SiH](F)[c-]1cccc1.[Zr+4]. The summed E-state index contributed by atoms with van der Waals surface area (Å²) >= 11 is 0. The zero-order valence-corrected chi connectivity index (χ0v) is 24.1. The average molecular weight is 523 g/mol. The minimum atomic E-state index is -3.48. The molecule has 0 fully saturated rings. The van der Waals surface area contributed by atoms with Crippen molar-refractivity contribution >= 4 is 14.7 Å². The summed E-state index contributed by atoms with van der Waals surface area (Å²) in [5, 5.41) is 12.9. The van der Waals surface area contributed by atoms with Crippen molar-refractivity contribution < 1.29 is 34.4 Å². The Hall–Kier alpha value is 0.190. The van der Waals surface area contributed by atoms with Gasteiger partial charge in [0.25, 0.3) is 0 Å². The molecular formula is C23H47F2N3SiZr. The molecule has 0 amide bonds. The Kier molecular flexibility index (Phi) is 45.7. The quantitative estimate of drug-likeness (QED) is 0.113. The van der Waals surface area contributed by atoms with E-state index in [0.717, 1.165) is 39.3 Å². The smallest absolute Gasteiger partial charge is 0.662 e. The van der Waals surface area contributed by atoms with Gasteiger partial charge in [0.15, 0.2) is 0 Å². The van der Waals surface area contributed by atoms with Crippen LogP contribution in [0.2, 0.25) is 0 Å². The molecule has 0 radical (unpaired) electrons.